The highest BCUT2D eigenvalue weighted by Gasteiger charge is 2.20. The van der Waals surface area contributed by atoms with Gasteiger partial charge in [0.2, 0.25) is 0 Å². The first-order chi connectivity index (χ1) is 7.15. The molecule has 1 aliphatic heterocycles. The maximum atomic E-state index is 11.7. The van der Waals surface area contributed by atoms with Crippen LogP contribution < -0.4 is 11.1 Å². The van der Waals surface area contributed by atoms with Crippen LogP contribution in [-0.4, -0.2) is 52.3 Å². The fourth-order valence-corrected chi connectivity index (χ4v) is 2.69. The van der Waals surface area contributed by atoms with E-state index in [1.165, 1.54) is 0 Å². The van der Waals surface area contributed by atoms with Gasteiger partial charge in [0, 0.05) is 41.4 Å². The van der Waals surface area contributed by atoms with Crippen molar-refractivity contribution in [1.82, 2.24) is 10.2 Å². The van der Waals surface area contributed by atoms with E-state index in [0.717, 1.165) is 13.0 Å². The van der Waals surface area contributed by atoms with Crippen LogP contribution in [0.3, 0.4) is 0 Å². The maximum Gasteiger partial charge on any atom is 0.317 e. The molecular formula is C9H19N3O2S. The first-order valence-electron chi connectivity index (χ1n) is 5.25. The minimum absolute atomic E-state index is 0.0431. The predicted molar refractivity (Wildman–Crippen MR) is 61.1 cm³/mol. The van der Waals surface area contributed by atoms with Gasteiger partial charge < -0.3 is 16.0 Å². The lowest BCUT2D eigenvalue weighted by molar-refractivity contribution is 0.220. The number of urea groups is 1. The molecule has 1 heterocycles. The number of amides is 2. The molecule has 0 aliphatic carbocycles. The molecule has 2 unspecified atom stereocenters. The minimum atomic E-state index is -0.877. The van der Waals surface area contributed by atoms with Crippen molar-refractivity contribution in [2.45, 2.75) is 18.6 Å². The fourth-order valence-electron chi connectivity index (χ4n) is 1.49. The number of nitrogens with one attached hydrogen (secondary N) is 1. The first kappa shape index (κ1) is 12.4. The van der Waals surface area contributed by atoms with E-state index in [1.807, 2.05) is 6.92 Å². The van der Waals surface area contributed by atoms with Crippen LogP contribution in [0.2, 0.25) is 0 Å². The third-order valence-electron chi connectivity index (χ3n) is 2.53. The average Bonchev–Trinajstić information content (AvgIpc) is 2.61. The summed E-state index contributed by atoms with van der Waals surface area (Å²) in [6.45, 7) is 4.50. The Morgan fingerprint density at radius 3 is 2.93 bits per heavy atom. The Kier molecular flexibility index (Phi) is 5.04. The molecule has 0 aromatic heterocycles. The second-order valence-electron chi connectivity index (χ2n) is 3.69. The molecule has 2 atom stereocenters. The van der Waals surface area contributed by atoms with E-state index in [-0.39, 0.29) is 11.3 Å². The lowest BCUT2D eigenvalue weighted by Gasteiger charge is -2.15. The zero-order valence-electron chi connectivity index (χ0n) is 9.07. The summed E-state index contributed by atoms with van der Waals surface area (Å²) in [6, 6.07) is -0.0431. The van der Waals surface area contributed by atoms with Crippen molar-refractivity contribution in [3.8, 4) is 0 Å². The number of carbonyl (C=O) groups excluding carboxylic acids is 1. The summed E-state index contributed by atoms with van der Waals surface area (Å²) in [5, 5.41) is 2.84. The summed E-state index contributed by atoms with van der Waals surface area (Å²) < 4.78 is 11.7. The van der Waals surface area contributed by atoms with E-state index in [4.69, 9.17) is 5.73 Å². The summed E-state index contributed by atoms with van der Waals surface area (Å²) in [7, 11) is -0.877. The van der Waals surface area contributed by atoms with Gasteiger partial charge in [0.25, 0.3) is 0 Å². The molecule has 1 rings (SSSR count). The molecule has 15 heavy (non-hydrogen) atoms. The molecule has 1 fully saturated rings. The van der Waals surface area contributed by atoms with Crippen molar-refractivity contribution in [2.75, 3.05) is 31.9 Å². The summed E-state index contributed by atoms with van der Waals surface area (Å²) in [5.41, 5.74) is 5.40. The van der Waals surface area contributed by atoms with Gasteiger partial charge in [0.15, 0.2) is 0 Å². The molecule has 0 aromatic rings. The second kappa shape index (κ2) is 6.07. The Bertz CT molecular complexity index is 248. The molecule has 5 nitrogen and oxygen atoms in total. The van der Waals surface area contributed by atoms with E-state index in [9.17, 15) is 9.00 Å². The average molecular weight is 233 g/mol. The van der Waals surface area contributed by atoms with Crippen molar-refractivity contribution in [1.29, 1.82) is 0 Å². The van der Waals surface area contributed by atoms with Crippen molar-refractivity contribution in [2.24, 2.45) is 5.73 Å². The highest BCUT2D eigenvalue weighted by Crippen LogP contribution is 2.03. The zero-order chi connectivity index (χ0) is 11.3. The standard InChI is InChI=1S/C9H19N3O2S/c1-8(2-3-10)15(14)7-6-12-5-4-11-9(12)13/h8H,2-7,10H2,1H3,(H,11,13). The van der Waals surface area contributed by atoms with E-state index in [1.54, 1.807) is 4.90 Å². The summed E-state index contributed by atoms with van der Waals surface area (Å²) in [5.74, 6) is 0.550. The van der Waals surface area contributed by atoms with Crippen LogP contribution in [0.25, 0.3) is 0 Å². The third kappa shape index (κ3) is 3.79. The molecular weight excluding hydrogens is 214 g/mol. The van der Waals surface area contributed by atoms with Crippen LogP contribution >= 0.6 is 0 Å². The van der Waals surface area contributed by atoms with Crippen molar-refractivity contribution in [3.05, 3.63) is 0 Å². The summed E-state index contributed by atoms with van der Waals surface area (Å²) in [4.78, 5) is 12.9. The molecule has 88 valence electrons. The molecule has 3 N–H and O–H groups in total. The van der Waals surface area contributed by atoms with Crippen LogP contribution in [0.1, 0.15) is 13.3 Å². The van der Waals surface area contributed by atoms with E-state index < -0.39 is 10.8 Å². The van der Waals surface area contributed by atoms with Crippen LogP contribution in [0.15, 0.2) is 0 Å². The predicted octanol–water partition coefficient (Wildman–Crippen LogP) is -0.502. The number of hydrogen-bond donors (Lipinski definition) is 2. The lowest BCUT2D eigenvalue weighted by atomic mass is 10.3. The molecule has 6 heteroatoms. The normalized spacial score (nSPS) is 20.1. The van der Waals surface area contributed by atoms with Gasteiger partial charge in [-0.1, -0.05) is 6.92 Å². The number of carbonyl (C=O) groups is 1. The highest BCUT2D eigenvalue weighted by atomic mass is 32.2. The Hall–Kier alpha value is -0.620. The lowest BCUT2D eigenvalue weighted by Crippen LogP contribution is -2.33. The maximum absolute atomic E-state index is 11.7. The van der Waals surface area contributed by atoms with Crippen molar-refractivity contribution >= 4 is 16.8 Å². The molecule has 1 saturated heterocycles. The number of hydrogen-bond acceptors (Lipinski definition) is 3. The molecule has 2 amide bonds. The summed E-state index contributed by atoms with van der Waals surface area (Å²) in [6.07, 6.45) is 0.777. The number of rotatable bonds is 6. The number of nitrogens with zero attached hydrogens (tertiary/aromatic N) is 1. The van der Waals surface area contributed by atoms with Crippen molar-refractivity contribution in [3.63, 3.8) is 0 Å². The molecule has 0 bridgehead atoms. The Labute approximate surface area is 92.8 Å². The smallest absolute Gasteiger partial charge is 0.317 e. The molecule has 1 aliphatic rings. The molecule has 0 saturated carbocycles. The fraction of sp³-hybridized carbons (Fsp3) is 0.889. The van der Waals surface area contributed by atoms with Gasteiger partial charge in [0.1, 0.15) is 0 Å². The van der Waals surface area contributed by atoms with Crippen molar-refractivity contribution < 1.29 is 9.00 Å². The largest absolute Gasteiger partial charge is 0.336 e. The topological polar surface area (TPSA) is 75.4 Å². The monoisotopic (exact) mass is 233 g/mol. The van der Waals surface area contributed by atoms with Gasteiger partial charge in [-0.3, -0.25) is 4.21 Å². The first-order valence-corrected chi connectivity index (χ1v) is 6.63. The van der Waals surface area contributed by atoms with Gasteiger partial charge in [-0.25, -0.2) is 4.79 Å². The Morgan fingerprint density at radius 1 is 1.67 bits per heavy atom. The quantitative estimate of drug-likeness (QED) is 0.649. The summed E-state index contributed by atoms with van der Waals surface area (Å²) >= 11 is 0. The van der Waals surface area contributed by atoms with Gasteiger partial charge in [-0.2, -0.15) is 0 Å². The van der Waals surface area contributed by atoms with Crippen LogP contribution in [-0.2, 0) is 10.8 Å². The second-order valence-corrected chi connectivity index (χ2v) is 5.67. The van der Waals surface area contributed by atoms with E-state index in [2.05, 4.69) is 5.32 Å². The third-order valence-corrected chi connectivity index (χ3v) is 4.25. The Balaban J connectivity index is 2.24. The Morgan fingerprint density at radius 2 is 2.40 bits per heavy atom. The number of nitrogens with two attached hydrogens (primary N) is 1. The molecule has 0 spiro atoms. The zero-order valence-corrected chi connectivity index (χ0v) is 9.89. The van der Waals surface area contributed by atoms with Gasteiger partial charge in [0.05, 0.1) is 0 Å². The van der Waals surface area contributed by atoms with Gasteiger partial charge in [-0.05, 0) is 13.0 Å². The SMILES string of the molecule is CC(CCN)S(=O)CCN1CCNC1=O. The van der Waals surface area contributed by atoms with Gasteiger partial charge >= 0.3 is 6.03 Å². The highest BCUT2D eigenvalue weighted by molar-refractivity contribution is 7.85. The van der Waals surface area contributed by atoms with Crippen LogP contribution in [0.4, 0.5) is 4.79 Å². The minimum Gasteiger partial charge on any atom is -0.336 e. The molecule has 0 radical (unpaired) electrons. The van der Waals surface area contributed by atoms with E-state index >= 15 is 0 Å². The van der Waals surface area contributed by atoms with Crippen LogP contribution in [0.5, 0.6) is 0 Å². The molecule has 0 aromatic carbocycles. The van der Waals surface area contributed by atoms with Crippen LogP contribution in [0, 0.1) is 0 Å². The van der Waals surface area contributed by atoms with E-state index in [0.29, 0.717) is 25.4 Å². The van der Waals surface area contributed by atoms with Gasteiger partial charge in [-0.15, -0.1) is 0 Å².